The van der Waals surface area contributed by atoms with Crippen molar-refractivity contribution in [3.05, 3.63) is 84.9 Å². The molecule has 0 unspecified atom stereocenters. The lowest BCUT2D eigenvalue weighted by Gasteiger charge is -2.33. The van der Waals surface area contributed by atoms with Gasteiger partial charge >= 0.3 is 7.12 Å². The highest BCUT2D eigenvalue weighted by molar-refractivity contribution is 6.62. The summed E-state index contributed by atoms with van der Waals surface area (Å²) in [5, 5.41) is 2.42. The third-order valence-corrected chi connectivity index (χ3v) is 7.07. The van der Waals surface area contributed by atoms with Crippen LogP contribution < -0.4 is 15.1 Å². The molecule has 0 aliphatic carbocycles. The maximum Gasteiger partial charge on any atom is 0.494 e. The number of rotatable bonds is 2. The molecule has 164 valence electrons. The highest BCUT2D eigenvalue weighted by atomic mass is 16.7. The second-order valence-electron chi connectivity index (χ2n) is 9.75. The predicted molar refractivity (Wildman–Crippen MR) is 134 cm³/mol. The van der Waals surface area contributed by atoms with Crippen LogP contribution in [0.1, 0.15) is 27.7 Å². The fraction of sp³-hybridized carbons (Fsp3) is 0.214. The maximum atomic E-state index is 6.37. The molecule has 1 fully saturated rings. The van der Waals surface area contributed by atoms with E-state index in [1.54, 1.807) is 0 Å². The lowest BCUT2D eigenvalue weighted by atomic mass is 9.79. The molecule has 6 rings (SSSR count). The van der Waals surface area contributed by atoms with Crippen LogP contribution >= 0.6 is 0 Å². The summed E-state index contributed by atoms with van der Waals surface area (Å²) in [5.41, 5.74) is 3.27. The molecule has 1 saturated heterocycles. The Morgan fingerprint density at radius 3 is 2.09 bits per heavy atom. The Hall–Kier alpha value is -3.28. The van der Waals surface area contributed by atoms with Gasteiger partial charge in [0.2, 0.25) is 0 Å². The van der Waals surface area contributed by atoms with E-state index in [1.165, 1.54) is 10.8 Å². The zero-order chi connectivity index (χ0) is 22.8. The van der Waals surface area contributed by atoms with Gasteiger partial charge in [0.05, 0.1) is 22.6 Å². The molecule has 4 aromatic rings. The Morgan fingerprint density at radius 1 is 0.636 bits per heavy atom. The molecular weight excluding hydrogens is 409 g/mol. The zero-order valence-corrected chi connectivity index (χ0v) is 19.3. The number of benzene rings is 4. The third-order valence-electron chi connectivity index (χ3n) is 7.07. The Bertz CT molecular complexity index is 1360. The first-order chi connectivity index (χ1) is 15.8. The van der Waals surface area contributed by atoms with Gasteiger partial charge in [-0.05, 0) is 80.3 Å². The van der Waals surface area contributed by atoms with Crippen molar-refractivity contribution in [3.8, 4) is 11.5 Å². The molecular formula is C28H26BNO3. The van der Waals surface area contributed by atoms with Crippen LogP contribution in [0.3, 0.4) is 0 Å². The van der Waals surface area contributed by atoms with Crippen molar-refractivity contribution in [2.24, 2.45) is 0 Å². The topological polar surface area (TPSA) is 30.9 Å². The minimum absolute atomic E-state index is 0.391. The summed E-state index contributed by atoms with van der Waals surface area (Å²) in [5.74, 6) is 1.61. The first-order valence-corrected chi connectivity index (χ1v) is 11.4. The van der Waals surface area contributed by atoms with Crippen molar-refractivity contribution >= 4 is 40.4 Å². The minimum atomic E-state index is -0.435. The molecule has 2 heterocycles. The molecule has 0 bridgehead atoms. The van der Waals surface area contributed by atoms with Crippen LogP contribution in [0.2, 0.25) is 0 Å². The lowest BCUT2D eigenvalue weighted by Crippen LogP contribution is -2.41. The summed E-state index contributed by atoms with van der Waals surface area (Å²) < 4.78 is 18.9. The minimum Gasteiger partial charge on any atom is -0.453 e. The summed E-state index contributed by atoms with van der Waals surface area (Å²) in [6.45, 7) is 8.28. The Balaban J connectivity index is 1.46. The Kier molecular flexibility index (Phi) is 4.38. The molecule has 33 heavy (non-hydrogen) atoms. The van der Waals surface area contributed by atoms with Gasteiger partial charge in [-0.15, -0.1) is 0 Å². The summed E-state index contributed by atoms with van der Waals surface area (Å²) >= 11 is 0. The molecule has 5 heteroatoms. The summed E-state index contributed by atoms with van der Waals surface area (Å²) in [4.78, 5) is 2.26. The van der Waals surface area contributed by atoms with E-state index < -0.39 is 18.3 Å². The normalized spacial score (nSPS) is 18.1. The van der Waals surface area contributed by atoms with E-state index in [-0.39, 0.29) is 0 Å². The number of anilines is 3. The smallest absolute Gasteiger partial charge is 0.453 e. The van der Waals surface area contributed by atoms with Gasteiger partial charge in [-0.25, -0.2) is 0 Å². The molecule has 0 aromatic heterocycles. The van der Waals surface area contributed by atoms with E-state index >= 15 is 0 Å². The standard InChI is InChI=1S/C28H26BNO3/c1-27(2)28(3,4)33-29(32-27)21-14-16-24-26(18-21)31-25-12-8-7-11-23(25)30(24)22-15-13-19-9-5-6-10-20(19)17-22/h5-18H,1-4H3. The lowest BCUT2D eigenvalue weighted by molar-refractivity contribution is 0.00578. The van der Waals surface area contributed by atoms with Crippen LogP contribution in [-0.4, -0.2) is 18.3 Å². The highest BCUT2D eigenvalue weighted by Crippen LogP contribution is 2.50. The average Bonchev–Trinajstić information content (AvgIpc) is 3.03. The van der Waals surface area contributed by atoms with Crippen molar-refractivity contribution in [3.63, 3.8) is 0 Å². The number of nitrogens with zero attached hydrogens (tertiary/aromatic N) is 1. The first-order valence-electron chi connectivity index (χ1n) is 11.4. The van der Waals surface area contributed by atoms with Crippen molar-refractivity contribution in [2.75, 3.05) is 4.90 Å². The Morgan fingerprint density at radius 2 is 1.30 bits per heavy atom. The van der Waals surface area contributed by atoms with Crippen LogP contribution in [-0.2, 0) is 9.31 Å². The Labute approximate surface area is 194 Å². The fourth-order valence-corrected chi connectivity index (χ4v) is 4.49. The van der Waals surface area contributed by atoms with E-state index in [1.807, 2.05) is 24.3 Å². The third kappa shape index (κ3) is 3.23. The summed E-state index contributed by atoms with van der Waals surface area (Å²) in [7, 11) is -0.435. The molecule has 0 spiro atoms. The van der Waals surface area contributed by atoms with Crippen LogP contribution in [0.5, 0.6) is 11.5 Å². The van der Waals surface area contributed by atoms with Gasteiger partial charge in [-0.1, -0.05) is 48.5 Å². The van der Waals surface area contributed by atoms with E-state index in [0.717, 1.165) is 34.0 Å². The van der Waals surface area contributed by atoms with Gasteiger partial charge in [0.15, 0.2) is 11.5 Å². The van der Waals surface area contributed by atoms with Gasteiger partial charge in [-0.3, -0.25) is 0 Å². The average molecular weight is 435 g/mol. The quantitative estimate of drug-likeness (QED) is 0.288. The monoisotopic (exact) mass is 435 g/mol. The van der Waals surface area contributed by atoms with Gasteiger partial charge in [0.1, 0.15) is 0 Å². The maximum absolute atomic E-state index is 6.37. The zero-order valence-electron chi connectivity index (χ0n) is 19.3. The second-order valence-corrected chi connectivity index (χ2v) is 9.75. The fourth-order valence-electron chi connectivity index (χ4n) is 4.49. The molecule has 0 amide bonds. The number of hydrogen-bond acceptors (Lipinski definition) is 4. The van der Waals surface area contributed by atoms with Gasteiger partial charge in [0.25, 0.3) is 0 Å². The van der Waals surface area contributed by atoms with E-state index in [4.69, 9.17) is 14.0 Å². The van der Waals surface area contributed by atoms with E-state index in [9.17, 15) is 0 Å². The number of ether oxygens (including phenoxy) is 1. The number of para-hydroxylation sites is 2. The molecule has 0 N–H and O–H groups in total. The molecule has 0 atom stereocenters. The van der Waals surface area contributed by atoms with Crippen molar-refractivity contribution in [1.82, 2.24) is 0 Å². The largest absolute Gasteiger partial charge is 0.494 e. The van der Waals surface area contributed by atoms with E-state index in [2.05, 4.69) is 93.3 Å². The van der Waals surface area contributed by atoms with Gasteiger partial charge in [0, 0.05) is 5.69 Å². The summed E-state index contributed by atoms with van der Waals surface area (Å²) in [6.07, 6.45) is 0. The van der Waals surface area contributed by atoms with Crippen molar-refractivity contribution < 1.29 is 14.0 Å². The predicted octanol–water partition coefficient (Wildman–Crippen LogP) is 6.71. The van der Waals surface area contributed by atoms with Crippen LogP contribution in [0.25, 0.3) is 10.8 Å². The van der Waals surface area contributed by atoms with Crippen LogP contribution in [0, 0.1) is 0 Å². The summed E-state index contributed by atoms with van der Waals surface area (Å²) in [6, 6.07) is 29.3. The molecule has 4 aromatic carbocycles. The SMILES string of the molecule is CC1(C)OB(c2ccc3c(c2)Oc2ccccc2N3c2ccc3ccccc3c2)OC1(C)C. The first kappa shape index (κ1) is 20.3. The van der Waals surface area contributed by atoms with Crippen molar-refractivity contribution in [1.29, 1.82) is 0 Å². The molecule has 2 aliphatic rings. The van der Waals surface area contributed by atoms with Gasteiger partial charge < -0.3 is 18.9 Å². The number of hydrogen-bond donors (Lipinski definition) is 0. The van der Waals surface area contributed by atoms with Crippen LogP contribution in [0.4, 0.5) is 17.1 Å². The molecule has 0 saturated carbocycles. The van der Waals surface area contributed by atoms with E-state index in [0.29, 0.717) is 0 Å². The number of fused-ring (bicyclic) bond motifs is 3. The second kappa shape index (κ2) is 7.11. The highest BCUT2D eigenvalue weighted by Gasteiger charge is 2.52. The molecule has 4 nitrogen and oxygen atoms in total. The molecule has 0 radical (unpaired) electrons. The van der Waals surface area contributed by atoms with Gasteiger partial charge in [-0.2, -0.15) is 0 Å². The van der Waals surface area contributed by atoms with Crippen molar-refractivity contribution in [2.45, 2.75) is 38.9 Å². The van der Waals surface area contributed by atoms with Crippen LogP contribution in [0.15, 0.2) is 84.9 Å². The molecule has 2 aliphatic heterocycles.